The summed E-state index contributed by atoms with van der Waals surface area (Å²) in [5.41, 5.74) is 6.77. The van der Waals surface area contributed by atoms with Crippen molar-refractivity contribution in [3.05, 3.63) is 18.2 Å². The summed E-state index contributed by atoms with van der Waals surface area (Å²) in [4.78, 5) is 4.20. The highest BCUT2D eigenvalue weighted by atomic mass is 16.3. The van der Waals surface area contributed by atoms with Crippen molar-refractivity contribution in [2.75, 3.05) is 6.54 Å². The minimum atomic E-state index is -0.505. The number of nitrogens with two attached hydrogens (primary N) is 1. The van der Waals surface area contributed by atoms with Crippen molar-refractivity contribution in [1.29, 1.82) is 0 Å². The fourth-order valence-electron chi connectivity index (χ4n) is 3.20. The van der Waals surface area contributed by atoms with Gasteiger partial charge in [0.05, 0.1) is 18.2 Å². The quantitative estimate of drug-likeness (QED) is 0.879. The summed E-state index contributed by atoms with van der Waals surface area (Å²) in [5, 5.41) is 10.9. The lowest BCUT2D eigenvalue weighted by Crippen LogP contribution is -2.40. The average molecular weight is 265 g/mol. The largest absolute Gasteiger partial charge is 0.386 e. The summed E-state index contributed by atoms with van der Waals surface area (Å²) >= 11 is 0. The Balaban J connectivity index is 2.25. The van der Waals surface area contributed by atoms with Gasteiger partial charge in [0.15, 0.2) is 0 Å². The van der Waals surface area contributed by atoms with E-state index < -0.39 is 6.10 Å². The van der Waals surface area contributed by atoms with Crippen LogP contribution in [0.2, 0.25) is 0 Å². The zero-order valence-corrected chi connectivity index (χ0v) is 12.3. The average Bonchev–Trinajstić information content (AvgIpc) is 2.88. The van der Waals surface area contributed by atoms with Crippen molar-refractivity contribution in [1.82, 2.24) is 9.55 Å². The molecule has 0 bridgehead atoms. The third-order valence-electron chi connectivity index (χ3n) is 4.79. The molecule has 108 valence electrons. The summed E-state index contributed by atoms with van der Waals surface area (Å²) in [6, 6.07) is 0.310. The van der Waals surface area contributed by atoms with Crippen LogP contribution in [0.1, 0.15) is 64.3 Å². The van der Waals surface area contributed by atoms with E-state index in [-0.39, 0.29) is 5.41 Å². The van der Waals surface area contributed by atoms with Gasteiger partial charge in [-0.15, -0.1) is 0 Å². The maximum atomic E-state index is 10.9. The molecule has 0 aromatic carbocycles. The van der Waals surface area contributed by atoms with Crippen LogP contribution in [0.3, 0.4) is 0 Å². The van der Waals surface area contributed by atoms with E-state index in [0.717, 1.165) is 37.3 Å². The van der Waals surface area contributed by atoms with Crippen molar-refractivity contribution in [3.63, 3.8) is 0 Å². The Bertz CT molecular complexity index is 405. The highest BCUT2D eigenvalue weighted by Gasteiger charge is 2.41. The number of rotatable bonds is 4. The summed E-state index contributed by atoms with van der Waals surface area (Å²) in [6.07, 6.45) is 7.42. The SMILES string of the molecule is CC1CCC(CN)(C(O)c2cncn2C(C)C)CC1. The Kier molecular flexibility index (Phi) is 4.31. The molecule has 0 amide bonds. The molecule has 1 aliphatic carbocycles. The van der Waals surface area contributed by atoms with Crippen LogP contribution in [0.25, 0.3) is 0 Å². The lowest BCUT2D eigenvalue weighted by Gasteiger charge is -2.42. The molecule has 4 nitrogen and oxygen atoms in total. The maximum absolute atomic E-state index is 10.9. The fraction of sp³-hybridized carbons (Fsp3) is 0.800. The molecular weight excluding hydrogens is 238 g/mol. The number of nitrogens with zero attached hydrogens (tertiary/aromatic N) is 2. The number of imidazole rings is 1. The molecule has 2 rings (SSSR count). The Morgan fingerprint density at radius 1 is 1.47 bits per heavy atom. The zero-order chi connectivity index (χ0) is 14.0. The van der Waals surface area contributed by atoms with Crippen molar-refractivity contribution < 1.29 is 5.11 Å². The number of hydrogen-bond donors (Lipinski definition) is 2. The molecule has 0 saturated heterocycles. The van der Waals surface area contributed by atoms with Crippen molar-refractivity contribution in [3.8, 4) is 0 Å². The van der Waals surface area contributed by atoms with Crippen LogP contribution < -0.4 is 5.73 Å². The molecule has 1 heterocycles. The molecule has 19 heavy (non-hydrogen) atoms. The second-order valence-electron chi connectivity index (χ2n) is 6.47. The first kappa shape index (κ1) is 14.5. The maximum Gasteiger partial charge on any atom is 0.102 e. The summed E-state index contributed by atoms with van der Waals surface area (Å²) in [6.45, 7) is 7.04. The van der Waals surface area contributed by atoms with Crippen LogP contribution in [0, 0.1) is 11.3 Å². The number of aliphatic hydroxyl groups is 1. The molecule has 1 atom stereocenters. The van der Waals surface area contributed by atoms with Gasteiger partial charge >= 0.3 is 0 Å². The van der Waals surface area contributed by atoms with E-state index in [2.05, 4.69) is 30.3 Å². The van der Waals surface area contributed by atoms with Gasteiger partial charge in [0.25, 0.3) is 0 Å². The topological polar surface area (TPSA) is 64.1 Å². The van der Waals surface area contributed by atoms with E-state index in [1.165, 1.54) is 0 Å². The predicted molar refractivity (Wildman–Crippen MR) is 76.7 cm³/mol. The molecule has 0 spiro atoms. The van der Waals surface area contributed by atoms with Crippen molar-refractivity contribution >= 4 is 0 Å². The van der Waals surface area contributed by atoms with Gasteiger partial charge in [-0.2, -0.15) is 0 Å². The molecule has 0 aliphatic heterocycles. The molecule has 1 aromatic heterocycles. The van der Waals surface area contributed by atoms with E-state index in [1.807, 2.05) is 0 Å². The molecule has 1 unspecified atom stereocenters. The van der Waals surface area contributed by atoms with Gasteiger partial charge < -0.3 is 15.4 Å². The van der Waals surface area contributed by atoms with Gasteiger partial charge in [-0.3, -0.25) is 0 Å². The molecular formula is C15H27N3O. The third-order valence-corrected chi connectivity index (χ3v) is 4.79. The molecule has 3 N–H and O–H groups in total. The molecule has 4 heteroatoms. The van der Waals surface area contributed by atoms with Gasteiger partial charge in [0.2, 0.25) is 0 Å². The van der Waals surface area contributed by atoms with E-state index in [9.17, 15) is 5.11 Å². The van der Waals surface area contributed by atoms with Gasteiger partial charge in [0.1, 0.15) is 6.10 Å². The normalized spacial score (nSPS) is 29.7. The lowest BCUT2D eigenvalue weighted by molar-refractivity contribution is -0.0134. The summed E-state index contributed by atoms with van der Waals surface area (Å²) in [5.74, 6) is 0.752. The van der Waals surface area contributed by atoms with E-state index >= 15 is 0 Å². The van der Waals surface area contributed by atoms with Crippen LogP contribution in [-0.4, -0.2) is 21.2 Å². The number of aromatic nitrogens is 2. The summed E-state index contributed by atoms with van der Waals surface area (Å²) < 4.78 is 2.06. The van der Waals surface area contributed by atoms with Crippen molar-refractivity contribution in [2.45, 2.75) is 58.6 Å². The predicted octanol–water partition coefficient (Wildman–Crippen LogP) is 2.65. The van der Waals surface area contributed by atoms with Gasteiger partial charge in [-0.25, -0.2) is 4.98 Å². The monoisotopic (exact) mass is 265 g/mol. The van der Waals surface area contributed by atoms with Crippen molar-refractivity contribution in [2.24, 2.45) is 17.1 Å². The third kappa shape index (κ3) is 2.70. The smallest absolute Gasteiger partial charge is 0.102 e. The standard InChI is InChI=1S/C15H27N3O/c1-11(2)18-10-17-8-13(18)14(19)15(9-16)6-4-12(3)5-7-15/h8,10-12,14,19H,4-7,9,16H2,1-3H3. The lowest BCUT2D eigenvalue weighted by atomic mass is 9.67. The van der Waals surface area contributed by atoms with Crippen LogP contribution in [0.4, 0.5) is 0 Å². The molecule has 1 saturated carbocycles. The zero-order valence-electron chi connectivity index (χ0n) is 12.3. The molecule has 1 aromatic rings. The minimum Gasteiger partial charge on any atom is -0.386 e. The number of aliphatic hydroxyl groups excluding tert-OH is 1. The number of hydrogen-bond acceptors (Lipinski definition) is 3. The first-order valence-electron chi connectivity index (χ1n) is 7.40. The van der Waals surface area contributed by atoms with Gasteiger partial charge in [-0.1, -0.05) is 19.8 Å². The van der Waals surface area contributed by atoms with E-state index in [0.29, 0.717) is 12.6 Å². The molecule has 0 radical (unpaired) electrons. The second-order valence-corrected chi connectivity index (χ2v) is 6.47. The molecule has 1 fully saturated rings. The highest BCUT2D eigenvalue weighted by Crippen LogP contribution is 2.46. The first-order valence-corrected chi connectivity index (χ1v) is 7.40. The highest BCUT2D eigenvalue weighted by molar-refractivity contribution is 5.10. The van der Waals surface area contributed by atoms with Crippen LogP contribution in [0.5, 0.6) is 0 Å². The van der Waals surface area contributed by atoms with Crippen LogP contribution >= 0.6 is 0 Å². The Labute approximate surface area is 116 Å². The van der Waals surface area contributed by atoms with E-state index in [4.69, 9.17) is 5.73 Å². The van der Waals surface area contributed by atoms with Crippen LogP contribution in [0.15, 0.2) is 12.5 Å². The van der Waals surface area contributed by atoms with Gasteiger partial charge in [-0.05, 0) is 32.6 Å². The Morgan fingerprint density at radius 2 is 2.11 bits per heavy atom. The second kappa shape index (κ2) is 5.63. The Hall–Kier alpha value is -0.870. The van der Waals surface area contributed by atoms with Gasteiger partial charge in [0, 0.05) is 18.0 Å². The van der Waals surface area contributed by atoms with E-state index in [1.54, 1.807) is 12.5 Å². The fourth-order valence-corrected chi connectivity index (χ4v) is 3.20. The minimum absolute atomic E-state index is 0.167. The first-order chi connectivity index (χ1) is 9.00. The van der Waals surface area contributed by atoms with Crippen LogP contribution in [-0.2, 0) is 0 Å². The summed E-state index contributed by atoms with van der Waals surface area (Å²) in [7, 11) is 0. The Morgan fingerprint density at radius 3 is 2.63 bits per heavy atom. The molecule has 1 aliphatic rings.